The van der Waals surface area contributed by atoms with Gasteiger partial charge in [-0.05, 0) is 31.7 Å². The highest BCUT2D eigenvalue weighted by Crippen LogP contribution is 2.35. The number of aryl methyl sites for hydroxylation is 1. The van der Waals surface area contributed by atoms with Gasteiger partial charge in [0.15, 0.2) is 0 Å². The molecule has 0 bridgehead atoms. The first kappa shape index (κ1) is 12.3. The molecule has 0 unspecified atom stereocenters. The lowest BCUT2D eigenvalue weighted by molar-refractivity contribution is 0.0701. The molecule has 0 spiro atoms. The Kier molecular flexibility index (Phi) is 3.10. The minimum absolute atomic E-state index is 0.369. The van der Waals surface area contributed by atoms with Gasteiger partial charge in [-0.25, -0.2) is 14.8 Å². The maximum atomic E-state index is 11.2. The number of fused-ring (bicyclic) bond motifs is 1. The van der Waals surface area contributed by atoms with Crippen LogP contribution in [0.1, 0.15) is 34.5 Å². The minimum atomic E-state index is -0.884. The van der Waals surface area contributed by atoms with Gasteiger partial charge in [0.05, 0.1) is 5.39 Å². The molecule has 1 aliphatic rings. The first-order chi connectivity index (χ1) is 9.18. The number of thiophene rings is 1. The highest BCUT2D eigenvalue weighted by atomic mass is 32.1. The summed E-state index contributed by atoms with van der Waals surface area (Å²) >= 11 is 1.23. The van der Waals surface area contributed by atoms with E-state index in [-0.39, 0.29) is 0 Å². The van der Waals surface area contributed by atoms with Crippen molar-refractivity contribution in [2.24, 2.45) is 0 Å². The molecule has 0 saturated carbocycles. The summed E-state index contributed by atoms with van der Waals surface area (Å²) in [5.41, 5.74) is 0.786. The minimum Gasteiger partial charge on any atom is -0.477 e. The Bertz CT molecular complexity index is 632. The van der Waals surface area contributed by atoms with Crippen molar-refractivity contribution in [3.05, 3.63) is 16.8 Å². The van der Waals surface area contributed by atoms with Crippen molar-refractivity contribution in [2.45, 2.75) is 26.2 Å². The Morgan fingerprint density at radius 1 is 1.32 bits per heavy atom. The fraction of sp³-hybridized carbons (Fsp3) is 0.462. The van der Waals surface area contributed by atoms with Gasteiger partial charge in [0, 0.05) is 13.1 Å². The van der Waals surface area contributed by atoms with Gasteiger partial charge in [0.1, 0.15) is 21.9 Å². The van der Waals surface area contributed by atoms with Crippen LogP contribution in [0.3, 0.4) is 0 Å². The fourth-order valence-electron chi connectivity index (χ4n) is 2.60. The summed E-state index contributed by atoms with van der Waals surface area (Å²) in [5, 5.41) is 10.1. The van der Waals surface area contributed by atoms with Crippen LogP contribution in [0.25, 0.3) is 10.2 Å². The second-order valence-corrected chi connectivity index (χ2v) is 5.79. The zero-order chi connectivity index (χ0) is 13.4. The Morgan fingerprint density at radius 3 is 2.74 bits per heavy atom. The normalized spacial score (nSPS) is 15.9. The summed E-state index contributed by atoms with van der Waals surface area (Å²) < 4.78 is 0. The Hall–Kier alpha value is -1.69. The van der Waals surface area contributed by atoms with Crippen molar-refractivity contribution in [2.75, 3.05) is 18.0 Å². The molecule has 0 radical (unpaired) electrons. The van der Waals surface area contributed by atoms with Crippen LogP contribution in [0.4, 0.5) is 5.82 Å². The van der Waals surface area contributed by atoms with Crippen LogP contribution >= 0.6 is 11.3 Å². The molecule has 0 aliphatic carbocycles. The van der Waals surface area contributed by atoms with E-state index in [9.17, 15) is 9.90 Å². The molecule has 1 fully saturated rings. The van der Waals surface area contributed by atoms with Crippen LogP contribution in [-0.4, -0.2) is 34.1 Å². The van der Waals surface area contributed by atoms with Gasteiger partial charge in [-0.2, -0.15) is 0 Å². The van der Waals surface area contributed by atoms with Gasteiger partial charge in [-0.3, -0.25) is 0 Å². The van der Waals surface area contributed by atoms with E-state index in [0.29, 0.717) is 4.88 Å². The van der Waals surface area contributed by atoms with E-state index in [0.717, 1.165) is 34.7 Å². The number of aromatic nitrogens is 2. The molecular weight excluding hydrogens is 262 g/mol. The van der Waals surface area contributed by atoms with Crippen molar-refractivity contribution in [1.29, 1.82) is 0 Å². The third-order valence-electron chi connectivity index (χ3n) is 3.56. The van der Waals surface area contributed by atoms with Crippen LogP contribution in [0.2, 0.25) is 0 Å². The Morgan fingerprint density at radius 2 is 2.05 bits per heavy atom. The summed E-state index contributed by atoms with van der Waals surface area (Å²) in [5.74, 6) is 0.0102. The molecule has 0 amide bonds. The van der Waals surface area contributed by atoms with Gasteiger partial charge >= 0.3 is 5.97 Å². The first-order valence-electron chi connectivity index (χ1n) is 6.41. The van der Waals surface area contributed by atoms with E-state index in [2.05, 4.69) is 14.9 Å². The molecule has 3 rings (SSSR count). The summed E-state index contributed by atoms with van der Waals surface area (Å²) in [6.45, 7) is 3.83. The van der Waals surface area contributed by atoms with Crippen molar-refractivity contribution >= 4 is 33.3 Å². The van der Waals surface area contributed by atoms with E-state index in [1.807, 2.05) is 6.92 Å². The zero-order valence-corrected chi connectivity index (χ0v) is 11.5. The molecule has 1 aliphatic heterocycles. The van der Waals surface area contributed by atoms with Gasteiger partial charge in [-0.15, -0.1) is 11.3 Å². The molecule has 1 N–H and O–H groups in total. The molecule has 2 aromatic heterocycles. The van der Waals surface area contributed by atoms with Gasteiger partial charge in [0.25, 0.3) is 0 Å². The number of hydrogen-bond donors (Lipinski definition) is 1. The van der Waals surface area contributed by atoms with Crippen molar-refractivity contribution < 1.29 is 9.90 Å². The maximum Gasteiger partial charge on any atom is 0.346 e. The summed E-state index contributed by atoms with van der Waals surface area (Å²) in [4.78, 5) is 23.2. The van der Waals surface area contributed by atoms with Crippen LogP contribution in [0.15, 0.2) is 6.33 Å². The number of rotatable bonds is 2. The molecule has 5 nitrogen and oxygen atoms in total. The van der Waals surface area contributed by atoms with Gasteiger partial charge in [-0.1, -0.05) is 0 Å². The van der Waals surface area contributed by atoms with E-state index in [4.69, 9.17) is 0 Å². The number of carboxylic acid groups (broad SMARTS) is 1. The van der Waals surface area contributed by atoms with Crippen LogP contribution in [-0.2, 0) is 0 Å². The highest BCUT2D eigenvalue weighted by Gasteiger charge is 2.22. The van der Waals surface area contributed by atoms with Crippen molar-refractivity contribution in [3.63, 3.8) is 0 Å². The number of carbonyl (C=O) groups is 1. The predicted octanol–water partition coefficient (Wildman–Crippen LogP) is 2.69. The van der Waals surface area contributed by atoms with Gasteiger partial charge in [0.2, 0.25) is 0 Å². The van der Waals surface area contributed by atoms with Crippen molar-refractivity contribution in [1.82, 2.24) is 9.97 Å². The molecule has 0 atom stereocenters. The lowest BCUT2D eigenvalue weighted by Gasteiger charge is -2.28. The van der Waals surface area contributed by atoms with E-state index in [1.54, 1.807) is 0 Å². The third kappa shape index (κ3) is 2.06. The van der Waals surface area contributed by atoms with Crippen LogP contribution in [0.5, 0.6) is 0 Å². The quantitative estimate of drug-likeness (QED) is 0.914. The summed E-state index contributed by atoms with van der Waals surface area (Å²) in [6.07, 6.45) is 5.13. The molecule has 6 heteroatoms. The lowest BCUT2D eigenvalue weighted by atomic mass is 10.1. The number of anilines is 1. The Labute approximate surface area is 114 Å². The second kappa shape index (κ2) is 4.77. The lowest BCUT2D eigenvalue weighted by Crippen LogP contribution is -2.30. The van der Waals surface area contributed by atoms with Crippen molar-refractivity contribution in [3.8, 4) is 0 Å². The molecule has 3 heterocycles. The zero-order valence-electron chi connectivity index (χ0n) is 10.7. The van der Waals surface area contributed by atoms with Gasteiger partial charge < -0.3 is 10.0 Å². The smallest absolute Gasteiger partial charge is 0.346 e. The number of carboxylic acids is 1. The first-order valence-corrected chi connectivity index (χ1v) is 7.22. The summed E-state index contributed by atoms with van der Waals surface area (Å²) in [7, 11) is 0. The molecule has 19 heavy (non-hydrogen) atoms. The molecule has 2 aromatic rings. The molecular formula is C13H15N3O2S. The third-order valence-corrected chi connectivity index (χ3v) is 4.74. The molecule has 0 aromatic carbocycles. The predicted molar refractivity (Wildman–Crippen MR) is 75.2 cm³/mol. The van der Waals surface area contributed by atoms with E-state index < -0.39 is 5.97 Å². The largest absolute Gasteiger partial charge is 0.477 e. The number of nitrogens with zero attached hydrogens (tertiary/aromatic N) is 3. The standard InChI is InChI=1S/C13H15N3O2S/c1-8-9-11(16-5-3-2-4-6-16)14-7-15-12(9)19-10(8)13(17)18/h7H,2-6H2,1H3,(H,17,18). The maximum absolute atomic E-state index is 11.2. The van der Waals surface area contributed by atoms with E-state index >= 15 is 0 Å². The Balaban J connectivity index is 2.16. The monoisotopic (exact) mass is 277 g/mol. The highest BCUT2D eigenvalue weighted by molar-refractivity contribution is 7.20. The van der Waals surface area contributed by atoms with Crippen LogP contribution < -0.4 is 4.90 Å². The van der Waals surface area contributed by atoms with E-state index in [1.165, 1.54) is 36.9 Å². The average Bonchev–Trinajstić information content (AvgIpc) is 2.78. The topological polar surface area (TPSA) is 66.3 Å². The average molecular weight is 277 g/mol. The fourth-order valence-corrected chi connectivity index (χ4v) is 3.58. The SMILES string of the molecule is Cc1c(C(=O)O)sc2ncnc(N3CCCCC3)c12. The number of hydrogen-bond acceptors (Lipinski definition) is 5. The second-order valence-electron chi connectivity index (χ2n) is 4.79. The molecule has 100 valence electrons. The summed E-state index contributed by atoms with van der Waals surface area (Å²) in [6, 6.07) is 0. The number of piperidine rings is 1. The van der Waals surface area contributed by atoms with Crippen LogP contribution in [0, 0.1) is 6.92 Å². The number of aromatic carboxylic acids is 1. The molecule has 1 saturated heterocycles.